The number of nitrogens with one attached hydrogen (secondary N) is 1. The maximum atomic E-state index is 13.7. The van der Waals surface area contributed by atoms with Crippen LogP contribution in [0.15, 0.2) is 77.9 Å². The number of carboxylic acid groups (broad SMARTS) is 1. The Morgan fingerprint density at radius 1 is 1.00 bits per heavy atom. The number of hydrogen-bond acceptors (Lipinski definition) is 5. The van der Waals surface area contributed by atoms with Crippen molar-refractivity contribution in [1.82, 2.24) is 5.01 Å². The largest absolute Gasteiger partial charge is 0.481 e. The van der Waals surface area contributed by atoms with E-state index in [4.69, 9.17) is 4.74 Å². The van der Waals surface area contributed by atoms with Crippen molar-refractivity contribution in [2.45, 2.75) is 59.4 Å². The second kappa shape index (κ2) is 13.9. The van der Waals surface area contributed by atoms with Crippen LogP contribution in [0.3, 0.4) is 0 Å². The highest BCUT2D eigenvalue weighted by Gasteiger charge is 2.28. The van der Waals surface area contributed by atoms with Crippen LogP contribution in [0.2, 0.25) is 0 Å². The summed E-state index contributed by atoms with van der Waals surface area (Å²) in [4.78, 5) is 37.8. The van der Waals surface area contributed by atoms with E-state index in [-0.39, 0.29) is 30.3 Å². The van der Waals surface area contributed by atoms with Crippen molar-refractivity contribution < 1.29 is 24.2 Å². The fourth-order valence-corrected chi connectivity index (χ4v) is 5.14. The molecule has 0 spiro atoms. The van der Waals surface area contributed by atoms with Crippen LogP contribution < -0.4 is 5.32 Å². The average Bonchev–Trinajstić information content (AvgIpc) is 2.99. The van der Waals surface area contributed by atoms with Crippen LogP contribution in [-0.2, 0) is 32.1 Å². The number of hydrazone groups is 1. The SMILES string of the molecule is CCC(Cc1cccc(NC(=O)C(c2ccc(CN3N=C(c4ccccc4)OCC3=O)cc2)C(C)CC)c1C)C(=O)O. The molecule has 3 aromatic carbocycles. The predicted octanol–water partition coefficient (Wildman–Crippen LogP) is 6.14. The zero-order valence-electron chi connectivity index (χ0n) is 24.7. The van der Waals surface area contributed by atoms with Gasteiger partial charge in [-0.25, -0.2) is 5.01 Å². The van der Waals surface area contributed by atoms with Gasteiger partial charge in [-0.15, -0.1) is 5.10 Å². The highest BCUT2D eigenvalue weighted by Crippen LogP contribution is 2.31. The van der Waals surface area contributed by atoms with Gasteiger partial charge in [-0.05, 0) is 66.1 Å². The molecule has 3 unspecified atom stereocenters. The lowest BCUT2D eigenvalue weighted by Gasteiger charge is -2.25. The number of rotatable bonds is 12. The third kappa shape index (κ3) is 7.24. The molecule has 0 radical (unpaired) electrons. The molecular weight excluding hydrogens is 530 g/mol. The molecule has 0 saturated heterocycles. The van der Waals surface area contributed by atoms with Crippen molar-refractivity contribution in [1.29, 1.82) is 0 Å². The van der Waals surface area contributed by atoms with Gasteiger partial charge in [-0.3, -0.25) is 14.4 Å². The molecule has 3 atom stereocenters. The number of amides is 2. The van der Waals surface area contributed by atoms with Crippen molar-refractivity contribution >= 4 is 29.4 Å². The average molecular weight is 570 g/mol. The number of aliphatic carboxylic acids is 1. The number of carbonyl (C=O) groups is 3. The van der Waals surface area contributed by atoms with Gasteiger partial charge in [0.1, 0.15) is 0 Å². The molecule has 220 valence electrons. The van der Waals surface area contributed by atoms with E-state index in [0.29, 0.717) is 31.0 Å². The number of benzene rings is 3. The first-order chi connectivity index (χ1) is 20.2. The van der Waals surface area contributed by atoms with Crippen molar-refractivity contribution in [2.24, 2.45) is 16.9 Å². The summed E-state index contributed by atoms with van der Waals surface area (Å²) in [6.07, 6.45) is 1.77. The first-order valence-corrected chi connectivity index (χ1v) is 14.5. The quantitative estimate of drug-likeness (QED) is 0.273. The summed E-state index contributed by atoms with van der Waals surface area (Å²) in [5, 5.41) is 18.5. The van der Waals surface area contributed by atoms with Gasteiger partial charge in [0, 0.05) is 11.3 Å². The normalized spacial score (nSPS) is 15.3. The van der Waals surface area contributed by atoms with Crippen LogP contribution in [0.1, 0.15) is 67.3 Å². The van der Waals surface area contributed by atoms with Crippen LogP contribution >= 0.6 is 0 Å². The molecule has 1 heterocycles. The van der Waals surface area contributed by atoms with Crippen LogP contribution in [-0.4, -0.2) is 40.4 Å². The molecule has 0 bridgehead atoms. The highest BCUT2D eigenvalue weighted by molar-refractivity contribution is 5.98. The molecule has 0 aromatic heterocycles. The van der Waals surface area contributed by atoms with Crippen molar-refractivity contribution in [3.05, 3.63) is 101 Å². The standard InChI is InChI=1S/C34H39N3O5/c1-5-22(3)31(32(39)35-29-14-10-13-28(23(29)4)19-25(6-2)34(40)41)26-17-15-24(16-18-26)20-37-30(38)21-42-33(36-37)27-11-8-7-9-12-27/h7-18,22,25,31H,5-6,19-21H2,1-4H3,(H,35,39)(H,40,41). The Labute approximate surface area is 247 Å². The molecule has 4 rings (SSSR count). The summed E-state index contributed by atoms with van der Waals surface area (Å²) in [6.45, 7) is 8.14. The third-order valence-electron chi connectivity index (χ3n) is 8.03. The second-order valence-corrected chi connectivity index (χ2v) is 10.8. The van der Waals surface area contributed by atoms with Crippen LogP contribution in [0.4, 0.5) is 5.69 Å². The van der Waals surface area contributed by atoms with E-state index in [1.54, 1.807) is 0 Å². The molecule has 2 amide bonds. The number of carboxylic acids is 1. The topological polar surface area (TPSA) is 108 Å². The fourth-order valence-electron chi connectivity index (χ4n) is 5.14. The van der Waals surface area contributed by atoms with Gasteiger partial charge in [0.15, 0.2) is 6.61 Å². The maximum Gasteiger partial charge on any atom is 0.306 e. The molecule has 1 aliphatic heterocycles. The Bertz CT molecular complexity index is 1440. The lowest BCUT2D eigenvalue weighted by Crippen LogP contribution is -2.36. The Morgan fingerprint density at radius 3 is 2.36 bits per heavy atom. The van der Waals surface area contributed by atoms with E-state index in [0.717, 1.165) is 34.2 Å². The van der Waals surface area contributed by atoms with Gasteiger partial charge < -0.3 is 15.2 Å². The van der Waals surface area contributed by atoms with E-state index in [1.165, 1.54) is 5.01 Å². The summed E-state index contributed by atoms with van der Waals surface area (Å²) in [6, 6.07) is 22.9. The molecule has 42 heavy (non-hydrogen) atoms. The Hall–Kier alpha value is -4.46. The second-order valence-electron chi connectivity index (χ2n) is 10.8. The molecule has 2 N–H and O–H groups in total. The molecule has 0 saturated carbocycles. The van der Waals surface area contributed by atoms with Gasteiger partial charge in [0.2, 0.25) is 11.8 Å². The lowest BCUT2D eigenvalue weighted by molar-refractivity contribution is -0.141. The molecule has 3 aromatic rings. The summed E-state index contributed by atoms with van der Waals surface area (Å²) >= 11 is 0. The number of hydrogen-bond donors (Lipinski definition) is 2. The minimum atomic E-state index is -0.812. The minimum Gasteiger partial charge on any atom is -0.481 e. The van der Waals surface area contributed by atoms with Gasteiger partial charge in [0.25, 0.3) is 5.91 Å². The summed E-state index contributed by atoms with van der Waals surface area (Å²) < 4.78 is 5.55. The van der Waals surface area contributed by atoms with Crippen LogP contribution in [0.25, 0.3) is 0 Å². The summed E-state index contributed by atoms with van der Waals surface area (Å²) in [5.41, 5.74) is 5.08. The molecular formula is C34H39N3O5. The number of nitrogens with zero attached hydrogens (tertiary/aromatic N) is 2. The number of carbonyl (C=O) groups excluding carboxylic acids is 2. The monoisotopic (exact) mass is 569 g/mol. The van der Waals surface area contributed by atoms with Gasteiger partial charge in [-0.2, -0.15) is 0 Å². The highest BCUT2D eigenvalue weighted by atomic mass is 16.5. The predicted molar refractivity (Wildman–Crippen MR) is 163 cm³/mol. The summed E-state index contributed by atoms with van der Waals surface area (Å²) in [5.74, 6) is -1.51. The van der Waals surface area contributed by atoms with E-state index < -0.39 is 11.9 Å². The fraction of sp³-hybridized carbons (Fsp3) is 0.353. The minimum absolute atomic E-state index is 0.0713. The van der Waals surface area contributed by atoms with Gasteiger partial charge >= 0.3 is 5.97 Å². The first-order valence-electron chi connectivity index (χ1n) is 14.5. The van der Waals surface area contributed by atoms with E-state index >= 15 is 0 Å². The van der Waals surface area contributed by atoms with Crippen LogP contribution in [0, 0.1) is 18.8 Å². The van der Waals surface area contributed by atoms with E-state index in [2.05, 4.69) is 24.3 Å². The van der Waals surface area contributed by atoms with Crippen LogP contribution in [0.5, 0.6) is 0 Å². The van der Waals surface area contributed by atoms with Crippen molar-refractivity contribution in [3.63, 3.8) is 0 Å². The number of anilines is 1. The Balaban J connectivity index is 1.51. The smallest absolute Gasteiger partial charge is 0.306 e. The van der Waals surface area contributed by atoms with Gasteiger partial charge in [-0.1, -0.05) is 81.8 Å². The number of ether oxygens (including phenoxy) is 1. The Morgan fingerprint density at radius 2 is 1.71 bits per heavy atom. The van der Waals surface area contributed by atoms with Crippen molar-refractivity contribution in [3.8, 4) is 0 Å². The summed E-state index contributed by atoms with van der Waals surface area (Å²) in [7, 11) is 0. The molecule has 8 heteroatoms. The molecule has 0 fully saturated rings. The first kappa shape index (κ1) is 30.5. The molecule has 8 nitrogen and oxygen atoms in total. The molecule has 0 aliphatic carbocycles. The van der Waals surface area contributed by atoms with E-state index in [9.17, 15) is 19.5 Å². The lowest BCUT2D eigenvalue weighted by atomic mass is 9.84. The molecule has 1 aliphatic rings. The maximum absolute atomic E-state index is 13.7. The zero-order chi connectivity index (χ0) is 30.2. The third-order valence-corrected chi connectivity index (χ3v) is 8.03. The van der Waals surface area contributed by atoms with Crippen molar-refractivity contribution in [2.75, 3.05) is 11.9 Å². The Kier molecular flexibility index (Phi) is 10.1. The zero-order valence-corrected chi connectivity index (χ0v) is 24.7. The van der Waals surface area contributed by atoms with Gasteiger partial charge in [0.05, 0.1) is 18.4 Å². The van der Waals surface area contributed by atoms with E-state index in [1.807, 2.05) is 86.6 Å².